The molecule has 0 fully saturated rings. The third-order valence-corrected chi connectivity index (χ3v) is 17.7. The molecule has 5 nitrogen and oxygen atoms in total. The second-order valence-electron chi connectivity index (χ2n) is 25.8. The van der Waals surface area contributed by atoms with Crippen LogP contribution in [-0.2, 0) is 19.1 Å². The number of aliphatic hydroxyl groups excluding tert-OH is 1. The summed E-state index contributed by atoms with van der Waals surface area (Å²) in [4.78, 5) is 24.7. The number of ether oxygens (including phenoxy) is 2. The molecule has 0 aromatic rings. The van der Waals surface area contributed by atoms with Crippen LogP contribution < -0.4 is 0 Å². The molecule has 0 radical (unpaired) electrons. The summed E-state index contributed by atoms with van der Waals surface area (Å²) in [5.41, 5.74) is 0. The molecule has 0 heterocycles. The Hall–Kier alpha value is -1.10. The maximum atomic E-state index is 12.4. The smallest absolute Gasteiger partial charge is 0.306 e. The van der Waals surface area contributed by atoms with Gasteiger partial charge in [0.1, 0.15) is 6.61 Å². The predicted molar refractivity (Wildman–Crippen MR) is 349 cm³/mol. The summed E-state index contributed by atoms with van der Waals surface area (Å²) < 4.78 is 10.8. The number of rotatable bonds is 71. The minimum absolute atomic E-state index is 0.0552. The van der Waals surface area contributed by atoms with E-state index < -0.39 is 6.10 Å². The number of aliphatic hydroxyl groups is 1. The number of esters is 2. The molecule has 0 amide bonds. The molecule has 0 saturated carbocycles. The quantitative estimate of drug-likeness (QED) is 0.0485. The van der Waals surface area contributed by atoms with Crippen LogP contribution in [0.25, 0.3) is 0 Å². The number of carbonyl (C=O) groups is 2. The Labute approximate surface area is 497 Å². The summed E-state index contributed by atoms with van der Waals surface area (Å²) >= 11 is 0. The molecule has 79 heavy (non-hydrogen) atoms. The molecule has 0 bridgehead atoms. The van der Waals surface area contributed by atoms with Crippen molar-refractivity contribution in [2.24, 2.45) is 0 Å². The van der Waals surface area contributed by atoms with Crippen molar-refractivity contribution in [1.29, 1.82) is 0 Å². The molecular weight excluding hydrogens is 969 g/mol. The molecule has 0 saturated heterocycles. The molecule has 0 aromatic carbocycles. The van der Waals surface area contributed by atoms with E-state index in [0.717, 1.165) is 32.1 Å². The first-order chi connectivity index (χ1) is 39.1. The van der Waals surface area contributed by atoms with Gasteiger partial charge in [0, 0.05) is 12.8 Å². The van der Waals surface area contributed by atoms with Crippen molar-refractivity contribution < 1.29 is 24.2 Å². The van der Waals surface area contributed by atoms with E-state index in [1.807, 2.05) is 0 Å². The van der Waals surface area contributed by atoms with Gasteiger partial charge in [0.2, 0.25) is 0 Å². The molecule has 1 N–H and O–H groups in total. The van der Waals surface area contributed by atoms with Gasteiger partial charge in [0.25, 0.3) is 0 Å². The highest BCUT2D eigenvalue weighted by atomic mass is 16.6. The van der Waals surface area contributed by atoms with Gasteiger partial charge >= 0.3 is 11.9 Å². The van der Waals surface area contributed by atoms with Crippen LogP contribution in [0.3, 0.4) is 0 Å². The minimum atomic E-state index is -0.766. The Bertz CT molecular complexity index is 1120. The van der Waals surface area contributed by atoms with Crippen molar-refractivity contribution in [3.8, 4) is 0 Å². The molecule has 0 spiro atoms. The van der Waals surface area contributed by atoms with Gasteiger partial charge in [-0.05, 0) is 12.8 Å². The van der Waals surface area contributed by atoms with Gasteiger partial charge in [-0.2, -0.15) is 0 Å². The average molecular weight is 1120 g/mol. The normalized spacial score (nSPS) is 12.0. The zero-order valence-electron chi connectivity index (χ0n) is 54.4. The monoisotopic (exact) mass is 1120 g/mol. The highest BCUT2D eigenvalue weighted by Gasteiger charge is 2.16. The molecule has 0 aliphatic heterocycles. The fourth-order valence-corrected chi connectivity index (χ4v) is 12.1. The van der Waals surface area contributed by atoms with Crippen molar-refractivity contribution in [2.75, 3.05) is 13.2 Å². The fraction of sp³-hybridized carbons (Fsp3) is 0.973. The maximum Gasteiger partial charge on any atom is 0.306 e. The van der Waals surface area contributed by atoms with Crippen molar-refractivity contribution in [2.45, 2.75) is 450 Å². The molecule has 0 aliphatic rings. The van der Waals surface area contributed by atoms with Crippen LogP contribution >= 0.6 is 0 Å². The second kappa shape index (κ2) is 71.2. The Kier molecular flexibility index (Phi) is 70.2. The molecule has 0 aromatic heterocycles. The van der Waals surface area contributed by atoms with Gasteiger partial charge in [-0.3, -0.25) is 9.59 Å². The summed E-state index contributed by atoms with van der Waals surface area (Å²) in [7, 11) is 0. The van der Waals surface area contributed by atoms with Crippen LogP contribution in [0.15, 0.2) is 0 Å². The maximum absolute atomic E-state index is 12.4. The Morgan fingerprint density at radius 1 is 0.241 bits per heavy atom. The highest BCUT2D eigenvalue weighted by molar-refractivity contribution is 5.70. The molecule has 5 heteroatoms. The first-order valence-corrected chi connectivity index (χ1v) is 37.1. The first kappa shape index (κ1) is 77.9. The standard InChI is InChI=1S/C74H146O5/c1-3-5-7-9-11-13-15-17-19-21-23-25-27-29-31-33-35-36-37-38-39-41-43-45-47-49-51-53-55-57-59-61-63-65-67-69-74(77)79-72(70-75)71-78-73(76)68-66-64-62-60-58-56-54-52-50-48-46-44-42-40-34-32-30-28-26-24-22-20-18-16-14-12-10-8-6-4-2/h72,75H,3-71H2,1-2H3. The summed E-state index contributed by atoms with van der Waals surface area (Å²) in [6.45, 7) is 4.23. The first-order valence-electron chi connectivity index (χ1n) is 37.1. The number of carbonyl (C=O) groups excluding carboxylic acids is 2. The molecule has 0 aliphatic carbocycles. The second-order valence-corrected chi connectivity index (χ2v) is 25.8. The summed E-state index contributed by atoms with van der Waals surface area (Å²) in [5, 5.41) is 9.71. The summed E-state index contributed by atoms with van der Waals surface area (Å²) in [5.74, 6) is -0.557. The van der Waals surface area contributed by atoms with E-state index in [4.69, 9.17) is 9.47 Å². The van der Waals surface area contributed by atoms with Crippen LogP contribution in [0, 0.1) is 0 Å². The number of hydrogen-bond donors (Lipinski definition) is 1. The Morgan fingerprint density at radius 2 is 0.392 bits per heavy atom. The van der Waals surface area contributed by atoms with E-state index in [1.165, 1.54) is 385 Å². The van der Waals surface area contributed by atoms with Gasteiger partial charge in [-0.15, -0.1) is 0 Å². The largest absolute Gasteiger partial charge is 0.462 e. The lowest BCUT2D eigenvalue weighted by Gasteiger charge is -2.15. The van der Waals surface area contributed by atoms with E-state index in [9.17, 15) is 14.7 Å². The SMILES string of the molecule is CCCCCCCCCCCCCCCCCCCCCCCCCCCCCCCCCCCCCC(=O)OC(CO)COC(=O)CCCCCCCCCCCCCCCCCCCCCCCCCCCCCCCC. The van der Waals surface area contributed by atoms with Crippen molar-refractivity contribution >= 4 is 11.9 Å². The van der Waals surface area contributed by atoms with Gasteiger partial charge in [0.05, 0.1) is 6.61 Å². The van der Waals surface area contributed by atoms with Gasteiger partial charge in [-0.1, -0.05) is 418 Å². The van der Waals surface area contributed by atoms with Gasteiger partial charge in [0.15, 0.2) is 6.10 Å². The Morgan fingerprint density at radius 3 is 0.557 bits per heavy atom. The van der Waals surface area contributed by atoms with Crippen LogP contribution in [0.4, 0.5) is 0 Å². The molecule has 0 rings (SSSR count). The van der Waals surface area contributed by atoms with Crippen LogP contribution in [0.1, 0.15) is 444 Å². The fourth-order valence-electron chi connectivity index (χ4n) is 12.1. The minimum Gasteiger partial charge on any atom is -0.462 e. The number of unbranched alkanes of at least 4 members (excludes halogenated alkanes) is 63. The van der Waals surface area contributed by atoms with E-state index in [0.29, 0.717) is 12.8 Å². The lowest BCUT2D eigenvalue weighted by molar-refractivity contribution is -0.161. The van der Waals surface area contributed by atoms with E-state index in [1.54, 1.807) is 0 Å². The lowest BCUT2D eigenvalue weighted by atomic mass is 10.0. The zero-order chi connectivity index (χ0) is 56.9. The molecular formula is C74H146O5. The third kappa shape index (κ3) is 69.3. The molecule has 1 atom stereocenters. The van der Waals surface area contributed by atoms with Crippen molar-refractivity contribution in [1.82, 2.24) is 0 Å². The topological polar surface area (TPSA) is 72.8 Å². The average Bonchev–Trinajstić information content (AvgIpc) is 3.45. The van der Waals surface area contributed by atoms with Crippen LogP contribution in [0.5, 0.6) is 0 Å². The van der Waals surface area contributed by atoms with Gasteiger partial charge < -0.3 is 14.6 Å². The van der Waals surface area contributed by atoms with Crippen molar-refractivity contribution in [3.05, 3.63) is 0 Å². The predicted octanol–water partition coefficient (Wildman–Crippen LogP) is 25.6. The third-order valence-electron chi connectivity index (χ3n) is 17.7. The Balaban J connectivity index is 3.34. The summed E-state index contributed by atoms with van der Waals surface area (Å²) in [6, 6.07) is 0. The van der Waals surface area contributed by atoms with E-state index in [2.05, 4.69) is 13.8 Å². The van der Waals surface area contributed by atoms with E-state index in [-0.39, 0.29) is 25.2 Å². The van der Waals surface area contributed by atoms with E-state index >= 15 is 0 Å². The van der Waals surface area contributed by atoms with Crippen molar-refractivity contribution in [3.63, 3.8) is 0 Å². The highest BCUT2D eigenvalue weighted by Crippen LogP contribution is 2.20. The van der Waals surface area contributed by atoms with Crippen LogP contribution in [0.2, 0.25) is 0 Å². The zero-order valence-corrected chi connectivity index (χ0v) is 54.4. The number of hydrogen-bond acceptors (Lipinski definition) is 5. The van der Waals surface area contributed by atoms with Gasteiger partial charge in [-0.25, -0.2) is 0 Å². The molecule has 1 unspecified atom stereocenters. The lowest BCUT2D eigenvalue weighted by Crippen LogP contribution is -2.28. The van der Waals surface area contributed by atoms with Crippen LogP contribution in [-0.4, -0.2) is 36.4 Å². The molecule has 472 valence electrons. The summed E-state index contributed by atoms with van der Waals surface area (Å²) in [6.07, 6.45) is 90.3.